The standard InChI is InChI=1S/C28H37N3O3S/c1-4-5-6-14-29-26(32)22-11-9-21(10-12-22)17-31-27(33)25-24(13-15-35-25)30(28(31)34)18-23-16-19(2)7-8-20(23)3/h7-8,13,15-16,21-22H,4-6,9-12,14,17-18H2,1-3H3,(H,29,32). The van der Waals surface area contributed by atoms with Crippen molar-refractivity contribution in [3.63, 3.8) is 0 Å². The normalized spacial score (nSPS) is 18.1. The molecule has 4 rings (SSSR count). The molecule has 7 heteroatoms. The van der Waals surface area contributed by atoms with Crippen LogP contribution in [0.3, 0.4) is 0 Å². The average Bonchev–Trinajstić information content (AvgIpc) is 3.34. The molecular formula is C28H37N3O3S. The number of hydrogen-bond donors (Lipinski definition) is 1. The van der Waals surface area contributed by atoms with Crippen LogP contribution in [-0.4, -0.2) is 21.6 Å². The summed E-state index contributed by atoms with van der Waals surface area (Å²) in [6.45, 7) is 7.88. The number of thiophene rings is 1. The summed E-state index contributed by atoms with van der Waals surface area (Å²) in [4.78, 5) is 39.3. The highest BCUT2D eigenvalue weighted by atomic mass is 32.1. The molecule has 1 aliphatic rings. The van der Waals surface area contributed by atoms with E-state index in [2.05, 4.69) is 44.3 Å². The number of carbonyl (C=O) groups is 1. The maximum atomic E-state index is 13.6. The summed E-state index contributed by atoms with van der Waals surface area (Å²) in [6.07, 6.45) is 6.66. The van der Waals surface area contributed by atoms with Crippen LogP contribution in [0.4, 0.5) is 0 Å². The molecule has 2 aromatic heterocycles. The number of hydrogen-bond acceptors (Lipinski definition) is 4. The van der Waals surface area contributed by atoms with Gasteiger partial charge in [0.25, 0.3) is 5.56 Å². The summed E-state index contributed by atoms with van der Waals surface area (Å²) >= 11 is 1.40. The molecule has 1 aliphatic carbocycles. The minimum absolute atomic E-state index is 0.0466. The van der Waals surface area contributed by atoms with Crippen molar-refractivity contribution in [2.24, 2.45) is 11.8 Å². The van der Waals surface area contributed by atoms with Gasteiger partial charge in [-0.2, -0.15) is 0 Å². The first-order valence-corrected chi connectivity index (χ1v) is 13.8. The second-order valence-electron chi connectivity index (χ2n) is 10.1. The summed E-state index contributed by atoms with van der Waals surface area (Å²) in [5, 5.41) is 4.97. The number of fused-ring (bicyclic) bond motifs is 1. The molecule has 6 nitrogen and oxygen atoms in total. The SMILES string of the molecule is CCCCCNC(=O)C1CCC(Cn2c(=O)c3sccc3n(Cc3cc(C)ccc3C)c2=O)CC1. The van der Waals surface area contributed by atoms with Gasteiger partial charge in [-0.3, -0.25) is 18.7 Å². The van der Waals surface area contributed by atoms with Gasteiger partial charge >= 0.3 is 5.69 Å². The van der Waals surface area contributed by atoms with Crippen LogP contribution >= 0.6 is 11.3 Å². The first-order valence-electron chi connectivity index (χ1n) is 12.9. The Balaban J connectivity index is 1.51. The highest BCUT2D eigenvalue weighted by Crippen LogP contribution is 2.30. The van der Waals surface area contributed by atoms with E-state index in [9.17, 15) is 14.4 Å². The van der Waals surface area contributed by atoms with Crippen molar-refractivity contribution in [1.29, 1.82) is 0 Å². The number of nitrogens with one attached hydrogen (secondary N) is 1. The van der Waals surface area contributed by atoms with Gasteiger partial charge < -0.3 is 5.32 Å². The lowest BCUT2D eigenvalue weighted by Gasteiger charge is -2.28. The van der Waals surface area contributed by atoms with E-state index < -0.39 is 0 Å². The van der Waals surface area contributed by atoms with Crippen LogP contribution in [0.15, 0.2) is 39.2 Å². The van der Waals surface area contributed by atoms with Gasteiger partial charge in [-0.1, -0.05) is 43.5 Å². The average molecular weight is 496 g/mol. The molecule has 0 unspecified atom stereocenters. The van der Waals surface area contributed by atoms with Gasteiger partial charge in [-0.25, -0.2) is 4.79 Å². The van der Waals surface area contributed by atoms with Crippen molar-refractivity contribution in [3.05, 3.63) is 67.2 Å². The van der Waals surface area contributed by atoms with Crippen molar-refractivity contribution in [2.45, 2.75) is 78.8 Å². The van der Waals surface area contributed by atoms with E-state index in [0.29, 0.717) is 23.3 Å². The van der Waals surface area contributed by atoms with Crippen LogP contribution in [0.2, 0.25) is 0 Å². The molecule has 0 radical (unpaired) electrons. The third-order valence-electron chi connectivity index (χ3n) is 7.41. The predicted molar refractivity (Wildman–Crippen MR) is 143 cm³/mol. The van der Waals surface area contributed by atoms with Crippen molar-refractivity contribution < 1.29 is 4.79 Å². The number of benzene rings is 1. The van der Waals surface area contributed by atoms with Gasteiger partial charge in [-0.05, 0) is 74.4 Å². The van der Waals surface area contributed by atoms with Gasteiger partial charge in [0.15, 0.2) is 0 Å². The fourth-order valence-corrected chi connectivity index (χ4v) is 6.03. The maximum absolute atomic E-state index is 13.6. The van der Waals surface area contributed by atoms with Crippen molar-refractivity contribution in [1.82, 2.24) is 14.5 Å². The van der Waals surface area contributed by atoms with Gasteiger partial charge in [0.2, 0.25) is 5.91 Å². The highest BCUT2D eigenvalue weighted by molar-refractivity contribution is 7.17. The lowest BCUT2D eigenvalue weighted by molar-refractivity contribution is -0.126. The molecule has 1 amide bonds. The monoisotopic (exact) mass is 495 g/mol. The molecule has 0 atom stereocenters. The number of amides is 1. The van der Waals surface area contributed by atoms with E-state index in [1.165, 1.54) is 15.9 Å². The maximum Gasteiger partial charge on any atom is 0.331 e. The summed E-state index contributed by atoms with van der Waals surface area (Å²) < 4.78 is 3.83. The first-order chi connectivity index (χ1) is 16.9. The molecule has 2 heterocycles. The quantitative estimate of drug-likeness (QED) is 0.425. The Hall–Kier alpha value is -2.67. The second kappa shape index (κ2) is 11.4. The van der Waals surface area contributed by atoms with E-state index in [-0.39, 0.29) is 29.0 Å². The zero-order chi connectivity index (χ0) is 24.9. The van der Waals surface area contributed by atoms with Crippen LogP contribution in [0.1, 0.15) is 68.6 Å². The number of carbonyl (C=O) groups excluding carboxylic acids is 1. The molecule has 1 saturated carbocycles. The Bertz CT molecular complexity index is 1300. The minimum atomic E-state index is -0.238. The van der Waals surface area contributed by atoms with Crippen molar-refractivity contribution in [3.8, 4) is 0 Å². The van der Waals surface area contributed by atoms with Crippen LogP contribution in [0.25, 0.3) is 10.2 Å². The molecule has 1 aromatic carbocycles. The molecule has 0 spiro atoms. The molecular weight excluding hydrogens is 458 g/mol. The van der Waals surface area contributed by atoms with Crippen molar-refractivity contribution in [2.75, 3.05) is 6.54 Å². The zero-order valence-electron chi connectivity index (χ0n) is 21.1. The zero-order valence-corrected chi connectivity index (χ0v) is 22.0. The van der Waals surface area contributed by atoms with E-state index in [1.807, 2.05) is 11.4 Å². The fourth-order valence-electron chi connectivity index (χ4n) is 5.18. The summed E-state index contributed by atoms with van der Waals surface area (Å²) in [7, 11) is 0. The second-order valence-corrected chi connectivity index (χ2v) is 11.0. The van der Waals surface area contributed by atoms with Crippen molar-refractivity contribution >= 4 is 27.5 Å². The van der Waals surface area contributed by atoms with E-state index in [0.717, 1.165) is 68.2 Å². The fraction of sp³-hybridized carbons (Fsp3) is 0.536. The lowest BCUT2D eigenvalue weighted by Crippen LogP contribution is -2.42. The molecule has 1 N–H and O–H groups in total. The van der Waals surface area contributed by atoms with Crippen LogP contribution < -0.4 is 16.6 Å². The Morgan fingerprint density at radius 1 is 1.06 bits per heavy atom. The Morgan fingerprint density at radius 3 is 2.57 bits per heavy atom. The summed E-state index contributed by atoms with van der Waals surface area (Å²) in [6, 6.07) is 8.14. The molecule has 0 aliphatic heterocycles. The largest absolute Gasteiger partial charge is 0.356 e. The van der Waals surface area contributed by atoms with Crippen LogP contribution in [0, 0.1) is 25.7 Å². The number of unbranched alkanes of at least 4 members (excludes halogenated alkanes) is 2. The van der Waals surface area contributed by atoms with Gasteiger partial charge in [0.05, 0.1) is 12.1 Å². The topological polar surface area (TPSA) is 73.1 Å². The third kappa shape index (κ3) is 5.77. The number of aryl methyl sites for hydroxylation is 2. The Labute approximate surface area is 211 Å². The lowest BCUT2D eigenvalue weighted by atomic mass is 9.81. The molecule has 35 heavy (non-hydrogen) atoms. The predicted octanol–water partition coefficient (Wildman–Crippen LogP) is 5.00. The van der Waals surface area contributed by atoms with Gasteiger partial charge in [0.1, 0.15) is 4.70 Å². The first kappa shape index (κ1) is 25.4. The highest BCUT2D eigenvalue weighted by Gasteiger charge is 2.27. The Kier molecular flexibility index (Phi) is 8.26. The van der Waals surface area contributed by atoms with Crippen LogP contribution in [0.5, 0.6) is 0 Å². The smallest absolute Gasteiger partial charge is 0.331 e. The molecule has 0 saturated heterocycles. The van der Waals surface area contributed by atoms with Gasteiger partial charge in [0, 0.05) is 19.0 Å². The summed E-state index contributed by atoms with van der Waals surface area (Å²) in [5.74, 6) is 0.439. The van der Waals surface area contributed by atoms with E-state index >= 15 is 0 Å². The molecule has 1 fully saturated rings. The van der Waals surface area contributed by atoms with Gasteiger partial charge in [-0.15, -0.1) is 11.3 Å². The van der Waals surface area contributed by atoms with E-state index in [4.69, 9.17) is 0 Å². The number of rotatable bonds is 9. The van der Waals surface area contributed by atoms with E-state index in [1.54, 1.807) is 4.57 Å². The molecule has 3 aromatic rings. The number of aromatic nitrogens is 2. The van der Waals surface area contributed by atoms with Crippen LogP contribution in [-0.2, 0) is 17.9 Å². The third-order valence-corrected chi connectivity index (χ3v) is 8.30. The molecule has 188 valence electrons. The number of nitrogens with zero attached hydrogens (tertiary/aromatic N) is 2. The summed E-state index contributed by atoms with van der Waals surface area (Å²) in [5.41, 5.74) is 3.67. The molecule has 0 bridgehead atoms. The Morgan fingerprint density at radius 2 is 1.83 bits per heavy atom. The minimum Gasteiger partial charge on any atom is -0.356 e.